The first-order chi connectivity index (χ1) is 5.90. The molecule has 1 heteroatoms. The molecule has 0 N–H and O–H groups in total. The molecular weight excluding hydrogens is 146 g/mol. The summed E-state index contributed by atoms with van der Waals surface area (Å²) in [5.41, 5.74) is 4.05. The lowest BCUT2D eigenvalue weighted by molar-refractivity contribution is 1.27. The SMILES string of the molecule is CN=CC1=Cc2ccccc2C1. The van der Waals surface area contributed by atoms with Crippen molar-refractivity contribution in [3.8, 4) is 0 Å². The van der Waals surface area contributed by atoms with Crippen molar-refractivity contribution in [3.05, 3.63) is 41.0 Å². The van der Waals surface area contributed by atoms with Crippen molar-refractivity contribution in [1.29, 1.82) is 0 Å². The van der Waals surface area contributed by atoms with Gasteiger partial charge in [-0.2, -0.15) is 0 Å². The van der Waals surface area contributed by atoms with Gasteiger partial charge in [0.25, 0.3) is 0 Å². The zero-order valence-electron chi connectivity index (χ0n) is 7.12. The summed E-state index contributed by atoms with van der Waals surface area (Å²) < 4.78 is 0. The third kappa shape index (κ3) is 1.18. The van der Waals surface area contributed by atoms with Crippen molar-refractivity contribution in [2.75, 3.05) is 7.05 Å². The molecule has 0 atom stereocenters. The number of aliphatic imine (C=N–C) groups is 1. The highest BCUT2D eigenvalue weighted by molar-refractivity contribution is 5.89. The van der Waals surface area contributed by atoms with E-state index in [1.165, 1.54) is 16.7 Å². The van der Waals surface area contributed by atoms with Crippen LogP contribution in [-0.4, -0.2) is 13.3 Å². The van der Waals surface area contributed by atoms with Crippen LogP contribution in [0.1, 0.15) is 11.1 Å². The molecule has 0 heterocycles. The van der Waals surface area contributed by atoms with Gasteiger partial charge < -0.3 is 0 Å². The standard InChI is InChI=1S/C11H11N/c1-12-8-9-6-10-4-2-3-5-11(10)7-9/h2-6,8H,7H2,1H3. The zero-order valence-corrected chi connectivity index (χ0v) is 7.12. The number of nitrogens with zero attached hydrogens (tertiary/aromatic N) is 1. The second kappa shape index (κ2) is 2.94. The normalized spacial score (nSPS) is 14.9. The van der Waals surface area contributed by atoms with Gasteiger partial charge in [-0.05, 0) is 29.2 Å². The van der Waals surface area contributed by atoms with E-state index in [9.17, 15) is 0 Å². The van der Waals surface area contributed by atoms with Crippen molar-refractivity contribution in [1.82, 2.24) is 0 Å². The van der Waals surface area contributed by atoms with Gasteiger partial charge in [0, 0.05) is 13.3 Å². The Morgan fingerprint density at radius 3 is 2.92 bits per heavy atom. The second-order valence-corrected chi connectivity index (χ2v) is 2.98. The summed E-state index contributed by atoms with van der Waals surface area (Å²) in [5.74, 6) is 0. The summed E-state index contributed by atoms with van der Waals surface area (Å²) in [6, 6.07) is 8.47. The van der Waals surface area contributed by atoms with Crippen LogP contribution < -0.4 is 0 Å². The fraction of sp³-hybridized carbons (Fsp3) is 0.182. The van der Waals surface area contributed by atoms with Crippen LogP contribution in [0.25, 0.3) is 6.08 Å². The van der Waals surface area contributed by atoms with Gasteiger partial charge in [0.05, 0.1) is 0 Å². The van der Waals surface area contributed by atoms with Crippen molar-refractivity contribution in [3.63, 3.8) is 0 Å². The van der Waals surface area contributed by atoms with Gasteiger partial charge in [-0.15, -0.1) is 0 Å². The molecule has 1 aromatic rings. The number of hydrogen-bond acceptors (Lipinski definition) is 1. The van der Waals surface area contributed by atoms with Gasteiger partial charge in [-0.1, -0.05) is 24.3 Å². The summed E-state index contributed by atoms with van der Waals surface area (Å²) in [4.78, 5) is 4.01. The minimum Gasteiger partial charge on any atom is -0.296 e. The molecule has 0 saturated carbocycles. The number of fused-ring (bicyclic) bond motifs is 1. The summed E-state index contributed by atoms with van der Waals surface area (Å²) >= 11 is 0. The van der Waals surface area contributed by atoms with Crippen molar-refractivity contribution in [2.24, 2.45) is 4.99 Å². The van der Waals surface area contributed by atoms with Crippen molar-refractivity contribution >= 4 is 12.3 Å². The van der Waals surface area contributed by atoms with Crippen molar-refractivity contribution < 1.29 is 0 Å². The zero-order chi connectivity index (χ0) is 8.39. The van der Waals surface area contributed by atoms with E-state index in [-0.39, 0.29) is 0 Å². The Labute approximate surface area is 72.5 Å². The van der Waals surface area contributed by atoms with Gasteiger partial charge in [0.2, 0.25) is 0 Å². The summed E-state index contributed by atoms with van der Waals surface area (Å²) in [5, 5.41) is 0. The monoisotopic (exact) mass is 157 g/mol. The smallest absolute Gasteiger partial charge is 0.0277 e. The molecule has 12 heavy (non-hydrogen) atoms. The van der Waals surface area contributed by atoms with E-state index >= 15 is 0 Å². The van der Waals surface area contributed by atoms with Crippen molar-refractivity contribution in [2.45, 2.75) is 6.42 Å². The number of rotatable bonds is 1. The molecule has 0 bridgehead atoms. The van der Waals surface area contributed by atoms with Crippen LogP contribution in [0.15, 0.2) is 34.8 Å². The Balaban J connectivity index is 2.35. The van der Waals surface area contributed by atoms with Gasteiger partial charge in [0.15, 0.2) is 0 Å². The average Bonchev–Trinajstić information content (AvgIpc) is 2.47. The molecule has 1 nitrogen and oxygen atoms in total. The van der Waals surface area contributed by atoms with E-state index in [0.29, 0.717) is 0 Å². The van der Waals surface area contributed by atoms with Gasteiger partial charge in [-0.25, -0.2) is 0 Å². The van der Waals surface area contributed by atoms with Crippen LogP contribution in [-0.2, 0) is 6.42 Å². The van der Waals surface area contributed by atoms with Crippen LogP contribution in [0, 0.1) is 0 Å². The maximum absolute atomic E-state index is 4.01. The molecule has 1 aliphatic carbocycles. The number of allylic oxidation sites excluding steroid dienone is 1. The Bertz CT molecular complexity index is 348. The van der Waals surface area contributed by atoms with Gasteiger partial charge >= 0.3 is 0 Å². The molecule has 0 amide bonds. The van der Waals surface area contributed by atoms with E-state index in [1.807, 2.05) is 13.3 Å². The minimum atomic E-state index is 1.04. The molecule has 0 radical (unpaired) electrons. The maximum Gasteiger partial charge on any atom is 0.0277 e. The largest absolute Gasteiger partial charge is 0.296 e. The topological polar surface area (TPSA) is 12.4 Å². The fourth-order valence-electron chi connectivity index (χ4n) is 1.56. The Hall–Kier alpha value is -1.37. The van der Waals surface area contributed by atoms with Crippen LogP contribution in [0.5, 0.6) is 0 Å². The quantitative estimate of drug-likeness (QED) is 0.555. The molecule has 0 saturated heterocycles. The third-order valence-corrected chi connectivity index (χ3v) is 2.09. The molecule has 0 fully saturated rings. The Morgan fingerprint density at radius 1 is 1.33 bits per heavy atom. The molecule has 0 unspecified atom stereocenters. The average molecular weight is 157 g/mol. The molecule has 1 aromatic carbocycles. The highest BCUT2D eigenvalue weighted by Crippen LogP contribution is 2.22. The predicted octanol–water partition coefficient (Wildman–Crippen LogP) is 2.33. The van der Waals surface area contributed by atoms with Gasteiger partial charge in [0.1, 0.15) is 0 Å². The van der Waals surface area contributed by atoms with Gasteiger partial charge in [-0.3, -0.25) is 4.99 Å². The highest BCUT2D eigenvalue weighted by atomic mass is 14.6. The lowest BCUT2D eigenvalue weighted by Crippen LogP contribution is -1.84. The third-order valence-electron chi connectivity index (χ3n) is 2.09. The number of benzene rings is 1. The van der Waals surface area contributed by atoms with E-state index in [2.05, 4.69) is 35.3 Å². The maximum atomic E-state index is 4.01. The van der Waals surface area contributed by atoms with Crippen LogP contribution in [0.4, 0.5) is 0 Å². The van der Waals surface area contributed by atoms with E-state index in [1.54, 1.807) is 0 Å². The van der Waals surface area contributed by atoms with Crippen LogP contribution >= 0.6 is 0 Å². The lowest BCUT2D eigenvalue weighted by atomic mass is 10.1. The van der Waals surface area contributed by atoms with E-state index in [4.69, 9.17) is 0 Å². The van der Waals surface area contributed by atoms with E-state index < -0.39 is 0 Å². The Kier molecular flexibility index (Phi) is 1.78. The summed E-state index contributed by atoms with van der Waals surface area (Å²) in [6.45, 7) is 0. The molecule has 0 aliphatic heterocycles. The second-order valence-electron chi connectivity index (χ2n) is 2.98. The number of hydrogen-bond donors (Lipinski definition) is 0. The highest BCUT2D eigenvalue weighted by Gasteiger charge is 2.08. The molecular formula is C11H11N. The molecule has 0 spiro atoms. The first-order valence-electron chi connectivity index (χ1n) is 4.11. The minimum absolute atomic E-state index is 1.04. The molecule has 60 valence electrons. The first-order valence-corrected chi connectivity index (χ1v) is 4.11. The lowest BCUT2D eigenvalue weighted by Gasteiger charge is -1.94. The predicted molar refractivity (Wildman–Crippen MR) is 52.5 cm³/mol. The van der Waals surface area contributed by atoms with E-state index in [0.717, 1.165) is 6.42 Å². The fourth-order valence-corrected chi connectivity index (χ4v) is 1.56. The summed E-state index contributed by atoms with van der Waals surface area (Å²) in [6.07, 6.45) is 5.16. The van der Waals surface area contributed by atoms with Crippen LogP contribution in [0.3, 0.4) is 0 Å². The Morgan fingerprint density at radius 2 is 2.17 bits per heavy atom. The molecule has 0 aromatic heterocycles. The summed E-state index contributed by atoms with van der Waals surface area (Å²) in [7, 11) is 1.81. The first kappa shape index (κ1) is 7.29. The molecule has 1 aliphatic rings. The molecule has 2 rings (SSSR count). The van der Waals surface area contributed by atoms with Crippen LogP contribution in [0.2, 0.25) is 0 Å².